The molecule has 2 heterocycles. The van der Waals surface area contributed by atoms with Crippen molar-refractivity contribution in [3.8, 4) is 17.3 Å². The Morgan fingerprint density at radius 2 is 1.78 bits per heavy atom. The van der Waals surface area contributed by atoms with Gasteiger partial charge >= 0.3 is 18.3 Å². The lowest BCUT2D eigenvalue weighted by Crippen LogP contribution is -2.46. The first-order valence-corrected chi connectivity index (χ1v) is 9.61. The van der Waals surface area contributed by atoms with E-state index < -0.39 is 49.0 Å². The maximum atomic E-state index is 13.6. The van der Waals surface area contributed by atoms with Crippen LogP contribution in [0.2, 0.25) is 0 Å². The first-order chi connectivity index (χ1) is 14.6. The number of rotatable bonds is 8. The van der Waals surface area contributed by atoms with Crippen molar-refractivity contribution >= 4 is 11.8 Å². The molecule has 5 nitrogen and oxygen atoms in total. The Labute approximate surface area is 178 Å². The first-order valence-electron chi connectivity index (χ1n) is 8.63. The van der Waals surface area contributed by atoms with Crippen LogP contribution in [-0.2, 0) is 6.54 Å². The average Bonchev–Trinajstić information content (AvgIpc) is 2.67. The van der Waals surface area contributed by atoms with E-state index in [0.29, 0.717) is 23.0 Å². The van der Waals surface area contributed by atoms with Crippen LogP contribution in [0.15, 0.2) is 34.2 Å². The van der Waals surface area contributed by atoms with Gasteiger partial charge in [0.2, 0.25) is 5.88 Å². The van der Waals surface area contributed by atoms with Gasteiger partial charge in [0.05, 0.1) is 18.6 Å². The van der Waals surface area contributed by atoms with Gasteiger partial charge in [-0.05, 0) is 11.8 Å². The Morgan fingerprint density at radius 1 is 1.12 bits per heavy atom. The Kier molecular flexibility index (Phi) is 7.73. The van der Waals surface area contributed by atoms with Gasteiger partial charge in [0.15, 0.2) is 6.61 Å². The Bertz CT molecular complexity index is 992. The molecule has 0 N–H and O–H groups in total. The van der Waals surface area contributed by atoms with Crippen molar-refractivity contribution in [3.05, 3.63) is 34.9 Å². The van der Waals surface area contributed by atoms with Gasteiger partial charge in [-0.1, -0.05) is 6.92 Å². The van der Waals surface area contributed by atoms with Gasteiger partial charge in [0.25, 0.3) is 11.7 Å². The van der Waals surface area contributed by atoms with Crippen LogP contribution in [0.5, 0.6) is 5.88 Å². The third-order valence-electron chi connectivity index (χ3n) is 3.68. The van der Waals surface area contributed by atoms with Gasteiger partial charge in [-0.2, -0.15) is 26.3 Å². The quantitative estimate of drug-likeness (QED) is 0.386. The molecule has 1 atom stereocenters. The van der Waals surface area contributed by atoms with E-state index in [1.807, 2.05) is 0 Å². The lowest BCUT2D eigenvalue weighted by atomic mass is 10.2. The van der Waals surface area contributed by atoms with E-state index in [0.717, 1.165) is 6.07 Å². The summed E-state index contributed by atoms with van der Waals surface area (Å²) >= 11 is 1.17. The molecule has 178 valence electrons. The summed E-state index contributed by atoms with van der Waals surface area (Å²) in [5.74, 6) is -4.92. The fourth-order valence-corrected chi connectivity index (χ4v) is 3.10. The van der Waals surface area contributed by atoms with Crippen LogP contribution >= 0.6 is 11.8 Å². The molecule has 15 heteroatoms. The second-order valence-electron chi connectivity index (χ2n) is 6.24. The molecule has 0 spiro atoms. The molecule has 2 aromatic heterocycles. The van der Waals surface area contributed by atoms with Crippen molar-refractivity contribution in [3.63, 3.8) is 0 Å². The highest BCUT2D eigenvalue weighted by molar-refractivity contribution is 7.99. The highest BCUT2D eigenvalue weighted by Crippen LogP contribution is 2.36. The number of alkyl halides is 9. The summed E-state index contributed by atoms with van der Waals surface area (Å²) in [5, 5.41) is 0. The molecule has 0 aromatic carbocycles. The topological polar surface area (TPSA) is 57.0 Å². The number of aromatic nitrogens is 3. The van der Waals surface area contributed by atoms with Crippen molar-refractivity contribution in [2.75, 3.05) is 12.4 Å². The number of ether oxygens (including phenoxy) is 1. The van der Waals surface area contributed by atoms with Crippen LogP contribution in [0.1, 0.15) is 6.92 Å². The summed E-state index contributed by atoms with van der Waals surface area (Å²) in [4.78, 5) is 20.1. The van der Waals surface area contributed by atoms with E-state index in [2.05, 4.69) is 14.7 Å². The Balaban J connectivity index is 2.38. The van der Waals surface area contributed by atoms with Crippen LogP contribution in [0.25, 0.3) is 11.4 Å². The van der Waals surface area contributed by atoms with E-state index in [1.165, 1.54) is 17.8 Å². The van der Waals surface area contributed by atoms with Crippen molar-refractivity contribution in [1.29, 1.82) is 0 Å². The summed E-state index contributed by atoms with van der Waals surface area (Å²) in [7, 11) is 0. The smallest absolute Gasteiger partial charge is 0.425 e. The zero-order valence-corrected chi connectivity index (χ0v) is 16.8. The molecule has 0 aliphatic rings. The zero-order valence-electron chi connectivity index (χ0n) is 16.0. The lowest BCUT2D eigenvalue weighted by Gasteiger charge is -2.23. The highest BCUT2D eigenvalue weighted by atomic mass is 32.2. The number of pyridine rings is 1. The van der Waals surface area contributed by atoms with Crippen molar-refractivity contribution in [1.82, 2.24) is 14.5 Å². The number of hydrogen-bond acceptors (Lipinski definition) is 5. The second kappa shape index (κ2) is 9.58. The minimum atomic E-state index is -5.84. The van der Waals surface area contributed by atoms with Crippen LogP contribution < -0.4 is 10.3 Å². The summed E-state index contributed by atoms with van der Waals surface area (Å²) in [6, 6.07) is 3.14. The van der Waals surface area contributed by atoms with Crippen LogP contribution in [0.3, 0.4) is 0 Å². The van der Waals surface area contributed by atoms with E-state index >= 15 is 0 Å². The van der Waals surface area contributed by atoms with Gasteiger partial charge in [0.1, 0.15) is 5.69 Å². The SMILES string of the molecule is CCSc1ccc(OCC(F)(F)F)nc1-c1cc(=O)n(CC(F)(F)C(F)C(F)(F)F)cn1. The molecule has 1 unspecified atom stereocenters. The number of nitrogens with zero attached hydrogens (tertiary/aromatic N) is 3. The minimum Gasteiger partial charge on any atom is -0.468 e. The molecular formula is C17H14F9N3O2S. The summed E-state index contributed by atoms with van der Waals surface area (Å²) in [5.41, 5.74) is -1.61. The number of halogens is 9. The monoisotopic (exact) mass is 495 g/mol. The fraction of sp³-hybridized carbons (Fsp3) is 0.471. The van der Waals surface area contributed by atoms with E-state index in [4.69, 9.17) is 0 Å². The standard InChI is InChI=1S/C17H14F9N3O2S/c1-2-32-10-3-4-11(31-7-16(21,22)23)28-13(10)9-5-12(30)29(8-27-9)6-15(19,20)14(18)17(24,25)26/h3-5,8,14H,2,6-7H2,1H3. The van der Waals surface area contributed by atoms with Gasteiger partial charge < -0.3 is 4.74 Å². The molecule has 0 saturated carbocycles. The molecule has 0 aliphatic heterocycles. The second-order valence-corrected chi connectivity index (χ2v) is 7.54. The van der Waals surface area contributed by atoms with E-state index in [9.17, 15) is 44.3 Å². The molecule has 0 saturated heterocycles. The first kappa shape index (κ1) is 25.8. The van der Waals surface area contributed by atoms with Gasteiger partial charge in [-0.15, -0.1) is 11.8 Å². The van der Waals surface area contributed by atoms with Crippen molar-refractivity contribution in [2.45, 2.75) is 42.8 Å². The molecule has 0 amide bonds. The maximum Gasteiger partial charge on any atom is 0.425 e. The van der Waals surface area contributed by atoms with Crippen LogP contribution in [0, 0.1) is 0 Å². The van der Waals surface area contributed by atoms with E-state index in [-0.39, 0.29) is 16.0 Å². The number of thioether (sulfide) groups is 1. The summed E-state index contributed by atoms with van der Waals surface area (Å²) in [6.45, 7) is -1.84. The fourth-order valence-electron chi connectivity index (χ4n) is 2.34. The number of hydrogen-bond donors (Lipinski definition) is 0. The molecule has 2 rings (SSSR count). The third-order valence-corrected chi connectivity index (χ3v) is 4.61. The van der Waals surface area contributed by atoms with Gasteiger partial charge in [0, 0.05) is 17.0 Å². The summed E-state index contributed by atoms with van der Waals surface area (Å²) < 4.78 is 119. The average molecular weight is 495 g/mol. The molecule has 0 bridgehead atoms. The normalized spacial score (nSPS) is 13.8. The highest BCUT2D eigenvalue weighted by Gasteiger charge is 2.57. The lowest BCUT2D eigenvalue weighted by molar-refractivity contribution is -0.247. The molecule has 0 radical (unpaired) electrons. The molecule has 32 heavy (non-hydrogen) atoms. The molecular weight excluding hydrogens is 481 g/mol. The van der Waals surface area contributed by atoms with Crippen molar-refractivity contribution < 1.29 is 44.3 Å². The molecule has 2 aromatic rings. The maximum absolute atomic E-state index is 13.6. The molecule has 0 aliphatic carbocycles. The van der Waals surface area contributed by atoms with Gasteiger partial charge in [-0.25, -0.2) is 23.1 Å². The predicted molar refractivity (Wildman–Crippen MR) is 95.6 cm³/mol. The third kappa shape index (κ3) is 6.77. The summed E-state index contributed by atoms with van der Waals surface area (Å²) in [6.07, 6.45) is -14.5. The van der Waals surface area contributed by atoms with Crippen molar-refractivity contribution in [2.24, 2.45) is 0 Å². The van der Waals surface area contributed by atoms with E-state index in [1.54, 1.807) is 6.92 Å². The Morgan fingerprint density at radius 3 is 2.31 bits per heavy atom. The minimum absolute atomic E-state index is 0.0818. The molecule has 0 fully saturated rings. The van der Waals surface area contributed by atoms with Crippen LogP contribution in [0.4, 0.5) is 39.5 Å². The Hall–Kier alpha value is -2.45. The zero-order chi connectivity index (χ0) is 24.3. The van der Waals surface area contributed by atoms with Crippen LogP contribution in [-0.4, -0.2) is 51.3 Å². The predicted octanol–water partition coefficient (Wildman–Crippen LogP) is 4.89. The van der Waals surface area contributed by atoms with Gasteiger partial charge in [-0.3, -0.25) is 9.36 Å². The largest absolute Gasteiger partial charge is 0.468 e.